The van der Waals surface area contributed by atoms with Gasteiger partial charge in [0.25, 0.3) is 11.8 Å². The number of nitrogens with zero attached hydrogens (tertiary/aromatic N) is 1. The van der Waals surface area contributed by atoms with Gasteiger partial charge in [0.2, 0.25) is 0 Å². The van der Waals surface area contributed by atoms with E-state index in [1.54, 1.807) is 42.5 Å². The fraction of sp³-hybridized carbons (Fsp3) is 0.118. The summed E-state index contributed by atoms with van der Waals surface area (Å²) in [4.78, 5) is 23.8. The zero-order chi connectivity index (χ0) is 16.7. The second-order valence-corrected chi connectivity index (χ2v) is 5.09. The predicted octanol–water partition coefficient (Wildman–Crippen LogP) is 2.37. The molecule has 23 heavy (non-hydrogen) atoms. The molecule has 5 nitrogen and oxygen atoms in total. The van der Waals surface area contributed by atoms with Crippen molar-refractivity contribution in [2.24, 2.45) is 0 Å². The molecule has 2 aromatic carbocycles. The molecule has 0 aliphatic carbocycles. The molecule has 2 aromatic rings. The van der Waals surface area contributed by atoms with Gasteiger partial charge >= 0.3 is 0 Å². The van der Waals surface area contributed by atoms with Crippen molar-refractivity contribution in [1.82, 2.24) is 10.6 Å². The molecular formula is C17H14ClN3O2. The van der Waals surface area contributed by atoms with Crippen LogP contribution in [0.4, 0.5) is 0 Å². The zero-order valence-corrected chi connectivity index (χ0v) is 12.9. The number of nitriles is 1. The van der Waals surface area contributed by atoms with Crippen molar-refractivity contribution in [3.8, 4) is 6.07 Å². The lowest BCUT2D eigenvalue weighted by molar-refractivity contribution is 0.0927. The summed E-state index contributed by atoms with van der Waals surface area (Å²) >= 11 is 5.93. The highest BCUT2D eigenvalue weighted by Crippen LogP contribution is 2.14. The first kappa shape index (κ1) is 16.5. The Labute approximate surface area is 138 Å². The van der Waals surface area contributed by atoms with E-state index in [1.807, 2.05) is 6.07 Å². The van der Waals surface area contributed by atoms with E-state index in [0.29, 0.717) is 21.7 Å². The first-order valence-electron chi connectivity index (χ1n) is 6.93. The summed E-state index contributed by atoms with van der Waals surface area (Å²) in [6, 6.07) is 15.1. The molecule has 0 aliphatic rings. The molecule has 0 radical (unpaired) electrons. The lowest BCUT2D eigenvalue weighted by atomic mass is 10.1. The number of benzene rings is 2. The fourth-order valence-electron chi connectivity index (χ4n) is 1.92. The van der Waals surface area contributed by atoms with Gasteiger partial charge in [-0.25, -0.2) is 0 Å². The van der Waals surface area contributed by atoms with Gasteiger partial charge in [0, 0.05) is 18.7 Å². The van der Waals surface area contributed by atoms with Crippen molar-refractivity contribution >= 4 is 23.4 Å². The highest BCUT2D eigenvalue weighted by atomic mass is 35.5. The van der Waals surface area contributed by atoms with E-state index in [1.165, 1.54) is 6.07 Å². The van der Waals surface area contributed by atoms with Crippen LogP contribution in [0, 0.1) is 11.3 Å². The summed E-state index contributed by atoms with van der Waals surface area (Å²) in [7, 11) is 0. The molecular weight excluding hydrogens is 314 g/mol. The summed E-state index contributed by atoms with van der Waals surface area (Å²) in [5.74, 6) is -0.592. The van der Waals surface area contributed by atoms with Gasteiger partial charge in [-0.2, -0.15) is 5.26 Å². The van der Waals surface area contributed by atoms with Gasteiger partial charge in [0.15, 0.2) is 0 Å². The molecule has 0 aromatic heterocycles. The Kier molecular flexibility index (Phi) is 5.73. The van der Waals surface area contributed by atoms with Crippen molar-refractivity contribution in [1.29, 1.82) is 5.26 Å². The van der Waals surface area contributed by atoms with Crippen LogP contribution in [0.2, 0.25) is 5.02 Å². The molecule has 0 aliphatic heterocycles. The molecule has 0 heterocycles. The molecule has 2 rings (SSSR count). The number of hydrogen-bond donors (Lipinski definition) is 2. The van der Waals surface area contributed by atoms with Crippen molar-refractivity contribution in [3.05, 3.63) is 70.2 Å². The molecule has 0 saturated carbocycles. The van der Waals surface area contributed by atoms with Crippen LogP contribution in [-0.4, -0.2) is 24.9 Å². The maximum atomic E-state index is 11.9. The van der Waals surface area contributed by atoms with Crippen molar-refractivity contribution < 1.29 is 9.59 Å². The highest BCUT2D eigenvalue weighted by Gasteiger charge is 2.09. The predicted molar refractivity (Wildman–Crippen MR) is 87.3 cm³/mol. The molecule has 0 bridgehead atoms. The lowest BCUT2D eigenvalue weighted by Gasteiger charge is -2.08. The fourth-order valence-corrected chi connectivity index (χ4v) is 2.15. The van der Waals surface area contributed by atoms with Crippen LogP contribution in [0.5, 0.6) is 0 Å². The normalized spacial score (nSPS) is 9.74. The second-order valence-electron chi connectivity index (χ2n) is 4.68. The molecule has 6 heteroatoms. The molecule has 0 spiro atoms. The number of rotatable bonds is 5. The van der Waals surface area contributed by atoms with Crippen LogP contribution in [0.15, 0.2) is 48.5 Å². The number of carbonyl (C=O) groups excluding carboxylic acids is 2. The maximum Gasteiger partial charge on any atom is 0.252 e. The minimum absolute atomic E-state index is 0.270. The van der Waals surface area contributed by atoms with Crippen LogP contribution < -0.4 is 10.6 Å². The molecule has 0 atom stereocenters. The van der Waals surface area contributed by atoms with Gasteiger partial charge in [-0.15, -0.1) is 0 Å². The summed E-state index contributed by atoms with van der Waals surface area (Å²) in [5, 5.41) is 14.5. The van der Waals surface area contributed by atoms with E-state index in [9.17, 15) is 9.59 Å². The van der Waals surface area contributed by atoms with E-state index in [2.05, 4.69) is 10.6 Å². The first-order chi connectivity index (χ1) is 11.1. The van der Waals surface area contributed by atoms with E-state index in [4.69, 9.17) is 16.9 Å². The Morgan fingerprint density at radius 3 is 2.39 bits per heavy atom. The van der Waals surface area contributed by atoms with Gasteiger partial charge in [-0.05, 0) is 30.3 Å². The molecule has 2 amide bonds. The highest BCUT2D eigenvalue weighted by molar-refractivity contribution is 6.33. The number of nitrogens with one attached hydrogen (secondary N) is 2. The SMILES string of the molecule is N#Cc1cccc(C(=O)NCCNC(=O)c2ccccc2Cl)c1. The number of amides is 2. The Morgan fingerprint density at radius 1 is 1.00 bits per heavy atom. The average molecular weight is 328 g/mol. The van der Waals surface area contributed by atoms with Gasteiger partial charge in [0.05, 0.1) is 22.2 Å². The third kappa shape index (κ3) is 4.56. The molecule has 0 saturated heterocycles. The van der Waals surface area contributed by atoms with Gasteiger partial charge in [-0.3, -0.25) is 9.59 Å². The average Bonchev–Trinajstić information content (AvgIpc) is 2.58. The Balaban J connectivity index is 1.81. The summed E-state index contributed by atoms with van der Waals surface area (Å²) in [6.45, 7) is 0.541. The summed E-state index contributed by atoms with van der Waals surface area (Å²) in [6.07, 6.45) is 0. The summed E-state index contributed by atoms with van der Waals surface area (Å²) in [5.41, 5.74) is 1.22. The van der Waals surface area contributed by atoms with Crippen LogP contribution in [0.3, 0.4) is 0 Å². The monoisotopic (exact) mass is 327 g/mol. The minimum Gasteiger partial charge on any atom is -0.350 e. The quantitative estimate of drug-likeness (QED) is 0.827. The largest absolute Gasteiger partial charge is 0.350 e. The number of halogens is 1. The van der Waals surface area contributed by atoms with E-state index in [-0.39, 0.29) is 24.9 Å². The molecule has 0 fully saturated rings. The third-order valence-electron chi connectivity index (χ3n) is 3.07. The first-order valence-corrected chi connectivity index (χ1v) is 7.30. The Hall–Kier alpha value is -2.84. The van der Waals surface area contributed by atoms with Gasteiger partial charge < -0.3 is 10.6 Å². The van der Waals surface area contributed by atoms with Crippen LogP contribution in [0.25, 0.3) is 0 Å². The summed E-state index contributed by atoms with van der Waals surface area (Å²) < 4.78 is 0. The Bertz CT molecular complexity index is 768. The van der Waals surface area contributed by atoms with Crippen LogP contribution in [0.1, 0.15) is 26.3 Å². The number of carbonyl (C=O) groups is 2. The van der Waals surface area contributed by atoms with Crippen molar-refractivity contribution in [2.75, 3.05) is 13.1 Å². The smallest absolute Gasteiger partial charge is 0.252 e. The molecule has 0 unspecified atom stereocenters. The van der Waals surface area contributed by atoms with Gasteiger partial charge in [-0.1, -0.05) is 29.8 Å². The lowest BCUT2D eigenvalue weighted by Crippen LogP contribution is -2.34. The van der Waals surface area contributed by atoms with Crippen LogP contribution >= 0.6 is 11.6 Å². The van der Waals surface area contributed by atoms with Crippen molar-refractivity contribution in [2.45, 2.75) is 0 Å². The molecule has 116 valence electrons. The maximum absolute atomic E-state index is 11.9. The molecule has 2 N–H and O–H groups in total. The zero-order valence-electron chi connectivity index (χ0n) is 12.2. The second kappa shape index (κ2) is 7.97. The minimum atomic E-state index is -0.297. The van der Waals surface area contributed by atoms with Gasteiger partial charge in [0.1, 0.15) is 0 Å². The van der Waals surface area contributed by atoms with Crippen molar-refractivity contribution in [3.63, 3.8) is 0 Å². The number of hydrogen-bond acceptors (Lipinski definition) is 3. The topological polar surface area (TPSA) is 82.0 Å². The Morgan fingerprint density at radius 2 is 1.70 bits per heavy atom. The van der Waals surface area contributed by atoms with E-state index < -0.39 is 0 Å². The standard InChI is InChI=1S/C17H14ClN3O2/c18-15-7-2-1-6-14(15)17(23)21-9-8-20-16(22)13-5-3-4-12(10-13)11-19/h1-7,10H,8-9H2,(H,20,22)(H,21,23). The van der Waals surface area contributed by atoms with E-state index in [0.717, 1.165) is 0 Å². The van der Waals surface area contributed by atoms with Crippen LogP contribution in [-0.2, 0) is 0 Å². The third-order valence-corrected chi connectivity index (χ3v) is 3.40. The van der Waals surface area contributed by atoms with E-state index >= 15 is 0 Å².